The van der Waals surface area contributed by atoms with E-state index in [-0.39, 0.29) is 16.2 Å². The number of hydrogen-bond acceptors (Lipinski definition) is 5. The lowest BCUT2D eigenvalue weighted by molar-refractivity contribution is 0.651. The highest BCUT2D eigenvalue weighted by Gasteiger charge is 2.44. The molecule has 0 bridgehead atoms. The maximum absolute atomic E-state index is 6.97. The molecule has 4 heterocycles. The van der Waals surface area contributed by atoms with Gasteiger partial charge in [0.05, 0.1) is 0 Å². The number of fused-ring (bicyclic) bond motifs is 23. The molecule has 0 saturated heterocycles. The summed E-state index contributed by atoms with van der Waals surface area (Å²) in [6, 6.07) is 73.2. The number of benzene rings is 11. The van der Waals surface area contributed by atoms with Gasteiger partial charge in [0.2, 0.25) is 0 Å². The predicted molar refractivity (Wildman–Crippen MR) is 328 cm³/mol. The fourth-order valence-corrected chi connectivity index (χ4v) is 15.0. The van der Waals surface area contributed by atoms with E-state index in [4.69, 9.17) is 17.7 Å². The highest BCUT2D eigenvalue weighted by molar-refractivity contribution is 6.20. The van der Waals surface area contributed by atoms with Crippen LogP contribution in [0.15, 0.2) is 218 Å². The topological polar surface area (TPSA) is 55.8 Å². The summed E-state index contributed by atoms with van der Waals surface area (Å²) in [7, 11) is 0. The van der Waals surface area contributed by atoms with Crippen molar-refractivity contribution in [1.29, 1.82) is 0 Å². The van der Waals surface area contributed by atoms with Crippen LogP contribution in [-0.4, -0.2) is 0 Å². The van der Waals surface area contributed by atoms with E-state index < -0.39 is 0 Å². The Bertz CT molecular complexity index is 5300. The van der Waals surface area contributed by atoms with Crippen molar-refractivity contribution in [1.82, 2.24) is 0 Å². The molecule has 380 valence electrons. The summed E-state index contributed by atoms with van der Waals surface area (Å²) < 4.78 is 26.4. The number of nitrogens with zero attached hydrogens (tertiary/aromatic N) is 1. The van der Waals surface area contributed by atoms with E-state index in [9.17, 15) is 0 Å². The number of rotatable bonds is 4. The molecule has 4 aromatic heterocycles. The summed E-state index contributed by atoms with van der Waals surface area (Å²) in [5, 5.41) is 9.07. The molecule has 5 nitrogen and oxygen atoms in total. The zero-order chi connectivity index (χ0) is 53.3. The van der Waals surface area contributed by atoms with E-state index in [0.717, 1.165) is 105 Å². The summed E-state index contributed by atoms with van der Waals surface area (Å²) in [4.78, 5) is 2.45. The molecule has 0 unspecified atom stereocenters. The van der Waals surface area contributed by atoms with Gasteiger partial charge in [-0.3, -0.25) is 0 Å². The fourth-order valence-electron chi connectivity index (χ4n) is 15.0. The van der Waals surface area contributed by atoms with Crippen molar-refractivity contribution in [3.63, 3.8) is 0 Å². The summed E-state index contributed by atoms with van der Waals surface area (Å²) in [6.07, 6.45) is 0. The van der Waals surface area contributed by atoms with E-state index in [1.807, 2.05) is 18.2 Å². The molecule has 0 spiro atoms. The van der Waals surface area contributed by atoms with Crippen LogP contribution in [0, 0.1) is 0 Å². The van der Waals surface area contributed by atoms with Crippen molar-refractivity contribution in [2.75, 3.05) is 4.90 Å². The highest BCUT2D eigenvalue weighted by Crippen LogP contribution is 2.60. The summed E-state index contributed by atoms with van der Waals surface area (Å²) in [5.41, 5.74) is 27.2. The molecule has 80 heavy (non-hydrogen) atoms. The van der Waals surface area contributed by atoms with Gasteiger partial charge in [0.1, 0.15) is 44.7 Å². The van der Waals surface area contributed by atoms with Crippen LogP contribution in [0.5, 0.6) is 0 Å². The Morgan fingerprint density at radius 2 is 0.738 bits per heavy atom. The van der Waals surface area contributed by atoms with Gasteiger partial charge in [0.25, 0.3) is 0 Å². The molecule has 0 N–H and O–H groups in total. The normalized spacial score (nSPS) is 15.2. The van der Waals surface area contributed by atoms with Gasteiger partial charge in [0.15, 0.2) is 0 Å². The quantitative estimate of drug-likeness (QED) is 0.176. The predicted octanol–water partition coefficient (Wildman–Crippen LogP) is 21.3. The summed E-state index contributed by atoms with van der Waals surface area (Å²) in [6.45, 7) is 14.4. The van der Waals surface area contributed by atoms with Crippen LogP contribution in [0.25, 0.3) is 132 Å². The number of para-hydroxylation sites is 4. The second-order valence-electron chi connectivity index (χ2n) is 24.3. The molecule has 0 saturated carbocycles. The van der Waals surface area contributed by atoms with Crippen LogP contribution in [0.1, 0.15) is 74.9 Å². The SMILES string of the molecule is CC1(C)c2cc(N(c3ccc4c(c3)C(C)(C)c3cc(-c5ccc6oc7ccccc7c6c5)c5oc6ccccc6c5c3-4)c3ccc4c(c3)oc3ccccc34)ccc2-c2cc3c(cc21)-c1c(ccc2oc4ccccc4c12)C3(C)C. The largest absolute Gasteiger partial charge is 0.456 e. The summed E-state index contributed by atoms with van der Waals surface area (Å²) in [5.74, 6) is 0. The molecular formula is C75H51NO4. The van der Waals surface area contributed by atoms with E-state index >= 15 is 0 Å². The van der Waals surface area contributed by atoms with E-state index in [0.29, 0.717) is 0 Å². The third kappa shape index (κ3) is 5.61. The van der Waals surface area contributed by atoms with Crippen LogP contribution in [0.4, 0.5) is 17.1 Å². The maximum atomic E-state index is 6.97. The number of hydrogen-bond donors (Lipinski definition) is 0. The van der Waals surface area contributed by atoms with Gasteiger partial charge in [-0.2, -0.15) is 0 Å². The van der Waals surface area contributed by atoms with Gasteiger partial charge in [-0.15, -0.1) is 0 Å². The molecule has 3 aliphatic carbocycles. The van der Waals surface area contributed by atoms with Crippen LogP contribution < -0.4 is 4.90 Å². The van der Waals surface area contributed by atoms with E-state index in [1.54, 1.807) is 0 Å². The van der Waals surface area contributed by atoms with Crippen LogP contribution in [0.2, 0.25) is 0 Å². The Morgan fingerprint density at radius 1 is 0.275 bits per heavy atom. The van der Waals surface area contributed by atoms with Crippen LogP contribution >= 0.6 is 0 Å². The van der Waals surface area contributed by atoms with Crippen molar-refractivity contribution in [2.24, 2.45) is 0 Å². The monoisotopic (exact) mass is 1030 g/mol. The zero-order valence-corrected chi connectivity index (χ0v) is 45.1. The first-order chi connectivity index (χ1) is 38.9. The van der Waals surface area contributed by atoms with Crippen molar-refractivity contribution in [2.45, 2.75) is 57.8 Å². The molecule has 0 aliphatic heterocycles. The molecular weight excluding hydrogens is 979 g/mol. The first-order valence-corrected chi connectivity index (χ1v) is 28.0. The van der Waals surface area contributed by atoms with Crippen molar-refractivity contribution >= 4 is 105 Å². The molecule has 0 radical (unpaired) electrons. The van der Waals surface area contributed by atoms with Gasteiger partial charge >= 0.3 is 0 Å². The average molecular weight is 1030 g/mol. The molecule has 15 aromatic rings. The molecule has 0 fully saturated rings. The molecule has 5 heteroatoms. The smallest absolute Gasteiger partial charge is 0.143 e. The minimum absolute atomic E-state index is 0.200. The first-order valence-electron chi connectivity index (χ1n) is 28.0. The van der Waals surface area contributed by atoms with Crippen molar-refractivity contribution in [3.05, 3.63) is 234 Å². The molecule has 11 aromatic carbocycles. The molecule has 0 atom stereocenters. The maximum Gasteiger partial charge on any atom is 0.143 e. The minimum atomic E-state index is -0.383. The Morgan fingerprint density at radius 3 is 1.48 bits per heavy atom. The zero-order valence-electron chi connectivity index (χ0n) is 45.1. The Hall–Kier alpha value is -9.58. The van der Waals surface area contributed by atoms with E-state index in [2.05, 4.69) is 228 Å². The van der Waals surface area contributed by atoms with E-state index in [1.165, 1.54) is 77.5 Å². The lowest BCUT2D eigenvalue weighted by Gasteiger charge is -2.29. The van der Waals surface area contributed by atoms with Gasteiger partial charge < -0.3 is 22.6 Å². The van der Waals surface area contributed by atoms with Gasteiger partial charge in [0, 0.05) is 88.0 Å². The number of furan rings is 4. The van der Waals surface area contributed by atoms with Crippen LogP contribution in [0.3, 0.4) is 0 Å². The minimum Gasteiger partial charge on any atom is -0.456 e. The van der Waals surface area contributed by atoms with Crippen LogP contribution in [-0.2, 0) is 16.2 Å². The molecule has 0 amide bonds. The first kappa shape index (κ1) is 44.4. The Kier molecular flexibility index (Phi) is 8.30. The van der Waals surface area contributed by atoms with Gasteiger partial charge in [-0.1, -0.05) is 139 Å². The lowest BCUT2D eigenvalue weighted by atomic mass is 9.79. The summed E-state index contributed by atoms with van der Waals surface area (Å²) >= 11 is 0. The van der Waals surface area contributed by atoms with Crippen molar-refractivity contribution in [3.8, 4) is 44.5 Å². The van der Waals surface area contributed by atoms with Gasteiger partial charge in [-0.05, 0) is 169 Å². The second-order valence-corrected chi connectivity index (χ2v) is 24.3. The fraction of sp³-hybridized carbons (Fsp3) is 0.120. The molecule has 3 aliphatic rings. The highest BCUT2D eigenvalue weighted by atomic mass is 16.3. The molecule has 18 rings (SSSR count). The van der Waals surface area contributed by atoms with Gasteiger partial charge in [-0.25, -0.2) is 0 Å². The Balaban J connectivity index is 0.819. The van der Waals surface area contributed by atoms with Crippen molar-refractivity contribution < 1.29 is 17.7 Å². The third-order valence-corrected chi connectivity index (χ3v) is 19.0. The average Bonchev–Trinajstić information content (AvgIpc) is 4.14. The third-order valence-electron chi connectivity index (χ3n) is 19.0. The number of anilines is 3. The second kappa shape index (κ2) is 15.0. The Labute approximate surface area is 460 Å². The standard InChI is InChI=1S/C75H51NO4/c1-73(2)55-30-32-66-70(49-17-9-13-21-63(49)78-66)69(55)54-39-58-52(38-59(54)73)44-27-24-41(34-56(44)74(58,3)4)76(43-25-28-47-45-15-7-11-19-61(45)79-67(47)36-43)42-26-29-48-57(35-42)75(5,6)60-37-51(72-71(68(48)60)50-18-10-14-22-64(50)80-72)40-23-31-65-53(33-40)46-16-8-12-20-62(46)77-65/h7-39H,1-6H3. The lowest BCUT2D eigenvalue weighted by Crippen LogP contribution is -2.18.